The zero-order valence-electron chi connectivity index (χ0n) is 26.9. The summed E-state index contributed by atoms with van der Waals surface area (Å²) in [6.45, 7) is 3.46. The summed E-state index contributed by atoms with van der Waals surface area (Å²) in [6, 6.07) is 15.3. The Morgan fingerprint density at radius 1 is 1.06 bits per heavy atom. The van der Waals surface area contributed by atoms with E-state index >= 15 is 0 Å². The summed E-state index contributed by atoms with van der Waals surface area (Å²) in [5.41, 5.74) is 0.814. The molecule has 6 rings (SSSR count). The summed E-state index contributed by atoms with van der Waals surface area (Å²) in [5.74, 6) is 0.112. The van der Waals surface area contributed by atoms with E-state index in [0.717, 1.165) is 34.8 Å². The second kappa shape index (κ2) is 13.3. The van der Waals surface area contributed by atoms with E-state index in [1.165, 1.54) is 31.4 Å². The van der Waals surface area contributed by atoms with Crippen molar-refractivity contribution in [3.05, 3.63) is 78.0 Å². The van der Waals surface area contributed by atoms with Crippen LogP contribution in [0, 0.1) is 11.3 Å². The van der Waals surface area contributed by atoms with Gasteiger partial charge < -0.3 is 24.6 Å². The number of hydrogen-bond acceptors (Lipinski definition) is 10. The number of piperazine rings is 1. The number of amides is 1. The number of rotatable bonds is 8. The molecule has 0 radical (unpaired) electrons. The van der Waals surface area contributed by atoms with Crippen molar-refractivity contribution < 1.29 is 32.9 Å². The molecule has 4 heterocycles. The van der Waals surface area contributed by atoms with Gasteiger partial charge in [-0.25, -0.2) is 22.2 Å². The standard InChI is InChI=1S/C34H38N6O7S/c1-4-47-32-27(9-7-17-36-32)30-31(38(34(42)43)21-23(20-35)39(30)22-15-18-37(2)19-16-22)29-26-8-5-6-10-28(26)40(33(29)41)48(44,45)25-13-11-24(46-3)12-14-25/h5-14,17,22-23,30-31,41H,4,15-16,18-19,21H2,1-3H3,(H,42,43). The van der Waals surface area contributed by atoms with Crippen LogP contribution in [0.2, 0.25) is 0 Å². The third-order valence-corrected chi connectivity index (χ3v) is 11.0. The van der Waals surface area contributed by atoms with Gasteiger partial charge in [0.25, 0.3) is 10.0 Å². The number of nitriles is 1. The quantitative estimate of drug-likeness (QED) is 0.272. The van der Waals surface area contributed by atoms with E-state index in [-0.39, 0.29) is 41.0 Å². The minimum Gasteiger partial charge on any atom is -0.497 e. The van der Waals surface area contributed by atoms with Crippen molar-refractivity contribution in [2.45, 2.75) is 48.8 Å². The molecule has 13 nitrogen and oxygen atoms in total. The third-order valence-electron chi connectivity index (χ3n) is 9.33. The highest BCUT2D eigenvalue weighted by atomic mass is 32.2. The summed E-state index contributed by atoms with van der Waals surface area (Å²) < 4.78 is 40.6. The first kappa shape index (κ1) is 33.1. The molecule has 2 aromatic carbocycles. The van der Waals surface area contributed by atoms with Gasteiger partial charge in [0.1, 0.15) is 11.8 Å². The number of benzene rings is 2. The Bertz CT molecular complexity index is 1950. The second-order valence-electron chi connectivity index (χ2n) is 12.0. The van der Waals surface area contributed by atoms with Gasteiger partial charge in [-0.15, -0.1) is 0 Å². The van der Waals surface area contributed by atoms with Gasteiger partial charge in [0.2, 0.25) is 11.8 Å². The summed E-state index contributed by atoms with van der Waals surface area (Å²) in [6.07, 6.45) is 1.70. The Morgan fingerprint density at radius 3 is 2.42 bits per heavy atom. The Morgan fingerprint density at radius 2 is 1.77 bits per heavy atom. The van der Waals surface area contributed by atoms with Gasteiger partial charge >= 0.3 is 6.09 Å². The normalized spacial score (nSPS) is 21.2. The summed E-state index contributed by atoms with van der Waals surface area (Å²) in [4.78, 5) is 23.0. The van der Waals surface area contributed by atoms with E-state index in [4.69, 9.17) is 9.47 Å². The van der Waals surface area contributed by atoms with Crippen LogP contribution < -0.4 is 9.47 Å². The van der Waals surface area contributed by atoms with Crippen molar-refractivity contribution >= 4 is 27.0 Å². The first-order valence-corrected chi connectivity index (χ1v) is 17.2. The molecule has 14 heteroatoms. The van der Waals surface area contributed by atoms with Crippen LogP contribution >= 0.6 is 0 Å². The first-order chi connectivity index (χ1) is 23.1. The van der Waals surface area contributed by atoms with Gasteiger partial charge in [-0.05, 0) is 76.3 Å². The fraction of sp³-hybridized carbons (Fsp3) is 0.382. The molecule has 4 aromatic rings. The number of carbonyl (C=O) groups is 1. The number of likely N-dealkylation sites (tertiary alicyclic amines) is 1. The molecule has 48 heavy (non-hydrogen) atoms. The number of nitrogens with zero attached hydrogens (tertiary/aromatic N) is 6. The van der Waals surface area contributed by atoms with Crippen molar-refractivity contribution in [1.29, 1.82) is 5.26 Å². The van der Waals surface area contributed by atoms with Crippen LogP contribution in [0.3, 0.4) is 0 Å². The molecule has 0 aliphatic carbocycles. The number of piperidine rings is 1. The number of fused-ring (bicyclic) bond motifs is 1. The van der Waals surface area contributed by atoms with Gasteiger partial charge in [-0.3, -0.25) is 9.80 Å². The average Bonchev–Trinajstić information content (AvgIpc) is 3.40. The van der Waals surface area contributed by atoms with Crippen LogP contribution in [-0.2, 0) is 10.0 Å². The highest BCUT2D eigenvalue weighted by molar-refractivity contribution is 7.90. The number of aromatic hydroxyl groups is 1. The molecule has 3 unspecified atom stereocenters. The molecule has 2 N–H and O–H groups in total. The van der Waals surface area contributed by atoms with Crippen molar-refractivity contribution in [3.8, 4) is 23.6 Å². The molecule has 2 aliphatic rings. The van der Waals surface area contributed by atoms with Gasteiger partial charge in [-0.1, -0.05) is 24.3 Å². The minimum absolute atomic E-state index is 0.0930. The maximum Gasteiger partial charge on any atom is 0.407 e. The molecule has 0 saturated carbocycles. The Kier molecular flexibility index (Phi) is 9.20. The van der Waals surface area contributed by atoms with Crippen molar-refractivity contribution in [1.82, 2.24) is 23.7 Å². The fourth-order valence-corrected chi connectivity index (χ4v) is 8.58. The molecule has 252 valence electrons. The van der Waals surface area contributed by atoms with Crippen LogP contribution in [0.4, 0.5) is 4.79 Å². The summed E-state index contributed by atoms with van der Waals surface area (Å²) in [7, 11) is -0.889. The van der Waals surface area contributed by atoms with Crippen LogP contribution in [0.15, 0.2) is 71.8 Å². The zero-order valence-corrected chi connectivity index (χ0v) is 27.7. The molecular formula is C34H38N6O7S. The van der Waals surface area contributed by atoms with Crippen LogP contribution in [-0.4, -0.2) is 101 Å². The first-order valence-electron chi connectivity index (χ1n) is 15.8. The Labute approximate surface area is 279 Å². The molecular weight excluding hydrogens is 636 g/mol. The van der Waals surface area contributed by atoms with Gasteiger partial charge in [-0.2, -0.15) is 5.26 Å². The largest absolute Gasteiger partial charge is 0.497 e. The van der Waals surface area contributed by atoms with E-state index in [0.29, 0.717) is 16.7 Å². The summed E-state index contributed by atoms with van der Waals surface area (Å²) >= 11 is 0. The van der Waals surface area contributed by atoms with Crippen molar-refractivity contribution in [3.63, 3.8) is 0 Å². The lowest BCUT2D eigenvalue weighted by molar-refractivity contribution is -0.0389. The maximum absolute atomic E-state index is 14.3. The summed E-state index contributed by atoms with van der Waals surface area (Å²) in [5, 5.41) is 33.8. The molecule has 1 amide bonds. The second-order valence-corrected chi connectivity index (χ2v) is 13.8. The fourth-order valence-electron chi connectivity index (χ4n) is 7.14. The van der Waals surface area contributed by atoms with E-state index in [9.17, 15) is 28.7 Å². The average molecular weight is 675 g/mol. The predicted octanol–water partition coefficient (Wildman–Crippen LogP) is 4.45. The lowest BCUT2D eigenvalue weighted by Crippen LogP contribution is -2.61. The Balaban J connectivity index is 1.64. The number of hydrogen-bond donors (Lipinski definition) is 2. The smallest absolute Gasteiger partial charge is 0.407 e. The molecule has 3 atom stereocenters. The van der Waals surface area contributed by atoms with Crippen LogP contribution in [0.5, 0.6) is 17.5 Å². The van der Waals surface area contributed by atoms with E-state index in [1.807, 2.05) is 18.9 Å². The van der Waals surface area contributed by atoms with Crippen molar-refractivity contribution in [2.24, 2.45) is 0 Å². The molecule has 2 fully saturated rings. The monoisotopic (exact) mass is 674 g/mol. The number of pyridine rings is 1. The zero-order chi connectivity index (χ0) is 34.2. The van der Waals surface area contributed by atoms with Gasteiger partial charge in [0, 0.05) is 28.8 Å². The number of methoxy groups -OCH3 is 1. The lowest BCUT2D eigenvalue weighted by Gasteiger charge is -2.53. The maximum atomic E-state index is 14.3. The SMILES string of the molecule is CCOc1ncccc1C1C(c2c(O)n(S(=O)(=O)c3ccc(OC)cc3)c3ccccc23)N(C(=O)O)CC(C#N)N1C1CCN(C)CC1. The van der Waals surface area contributed by atoms with Gasteiger partial charge in [0.05, 0.1) is 48.8 Å². The third kappa shape index (κ3) is 5.67. The topological polar surface area (TPSA) is 161 Å². The van der Waals surface area contributed by atoms with Gasteiger partial charge in [0.15, 0.2) is 0 Å². The van der Waals surface area contributed by atoms with E-state index < -0.39 is 40.1 Å². The highest BCUT2D eigenvalue weighted by Gasteiger charge is 2.51. The highest BCUT2D eigenvalue weighted by Crippen LogP contribution is 2.52. The number of para-hydroxylation sites is 1. The van der Waals surface area contributed by atoms with Crippen molar-refractivity contribution in [2.75, 3.05) is 40.4 Å². The van der Waals surface area contributed by atoms with E-state index in [2.05, 4.69) is 16.0 Å². The molecule has 0 spiro atoms. The molecule has 2 aliphatic heterocycles. The Hall–Kier alpha value is -4.84. The van der Waals surface area contributed by atoms with Crippen LogP contribution in [0.25, 0.3) is 10.9 Å². The number of ether oxygens (including phenoxy) is 2. The molecule has 2 aromatic heterocycles. The predicted molar refractivity (Wildman–Crippen MR) is 177 cm³/mol. The molecule has 0 bridgehead atoms. The van der Waals surface area contributed by atoms with Crippen LogP contribution in [0.1, 0.15) is 43.0 Å². The minimum atomic E-state index is -4.39. The van der Waals surface area contributed by atoms with E-state index in [1.54, 1.807) is 42.6 Å². The molecule has 2 saturated heterocycles. The lowest BCUT2D eigenvalue weighted by atomic mass is 9.84. The number of aromatic nitrogens is 2. The number of carboxylic acid groups (broad SMARTS) is 1.